The summed E-state index contributed by atoms with van der Waals surface area (Å²) in [6.07, 6.45) is 0.778. The highest BCUT2D eigenvalue weighted by molar-refractivity contribution is 6.14. The quantitative estimate of drug-likeness (QED) is 0.246. The molecule has 2 nitrogen and oxygen atoms in total. The Bertz CT molecular complexity index is 1800. The SMILES string of the molecule is CC1(C)c2ccccc2C(=O)c2cc(-c3cccc(-c4ccc5c(c4)C(=O)c4ccccc4C5)c3)ccc21. The Morgan fingerprint density at radius 1 is 0.474 bits per heavy atom. The molecule has 0 radical (unpaired) electrons. The molecule has 0 saturated carbocycles. The van der Waals surface area contributed by atoms with E-state index in [1.165, 1.54) is 0 Å². The van der Waals surface area contributed by atoms with Gasteiger partial charge in [0.15, 0.2) is 11.6 Å². The maximum absolute atomic E-state index is 13.5. The van der Waals surface area contributed by atoms with Gasteiger partial charge in [-0.3, -0.25) is 9.59 Å². The van der Waals surface area contributed by atoms with Crippen LogP contribution in [0.15, 0.2) is 109 Å². The Hall–Kier alpha value is -4.56. The second-order valence-corrected chi connectivity index (χ2v) is 10.9. The molecule has 182 valence electrons. The van der Waals surface area contributed by atoms with E-state index < -0.39 is 0 Å². The van der Waals surface area contributed by atoms with E-state index in [4.69, 9.17) is 0 Å². The number of carbonyl (C=O) groups excluding carboxylic acids is 2. The molecule has 0 aliphatic heterocycles. The van der Waals surface area contributed by atoms with Crippen molar-refractivity contribution in [1.82, 2.24) is 0 Å². The van der Waals surface area contributed by atoms with Crippen LogP contribution < -0.4 is 0 Å². The standard InChI is InChI=1S/C36H26O2/c1-36(2)32-13-6-5-12-29(32)35(38)31-21-25(16-17-33(31)36)23-10-7-9-22(18-23)24-14-15-27-19-26-8-3-4-11-28(26)34(37)30(27)20-24/h3-18,20-21H,19H2,1-2H3. The van der Waals surface area contributed by atoms with Crippen LogP contribution in [0, 0.1) is 0 Å². The van der Waals surface area contributed by atoms with Crippen LogP contribution >= 0.6 is 0 Å². The lowest BCUT2D eigenvalue weighted by atomic mass is 9.68. The lowest BCUT2D eigenvalue weighted by Gasteiger charge is -2.34. The molecule has 0 atom stereocenters. The van der Waals surface area contributed by atoms with Gasteiger partial charge in [0.25, 0.3) is 0 Å². The predicted molar refractivity (Wildman–Crippen MR) is 152 cm³/mol. The monoisotopic (exact) mass is 490 g/mol. The molecule has 0 fully saturated rings. The molecule has 2 aliphatic carbocycles. The van der Waals surface area contributed by atoms with Gasteiger partial charge >= 0.3 is 0 Å². The van der Waals surface area contributed by atoms with Crippen LogP contribution in [-0.2, 0) is 11.8 Å². The third-order valence-electron chi connectivity index (χ3n) is 8.31. The molecule has 2 aliphatic rings. The molecule has 2 heteroatoms. The number of ketones is 2. The molecule has 0 heterocycles. The van der Waals surface area contributed by atoms with Crippen molar-refractivity contribution in [2.75, 3.05) is 0 Å². The lowest BCUT2D eigenvalue weighted by Crippen LogP contribution is -2.30. The normalized spacial score (nSPS) is 14.8. The zero-order valence-corrected chi connectivity index (χ0v) is 21.4. The molecule has 0 saturated heterocycles. The van der Waals surface area contributed by atoms with Crippen molar-refractivity contribution < 1.29 is 9.59 Å². The Balaban J connectivity index is 1.28. The summed E-state index contributed by atoms with van der Waals surface area (Å²) in [6.45, 7) is 4.38. The van der Waals surface area contributed by atoms with Crippen molar-refractivity contribution in [1.29, 1.82) is 0 Å². The largest absolute Gasteiger partial charge is 0.289 e. The molecular formula is C36H26O2. The highest BCUT2D eigenvalue weighted by atomic mass is 16.1. The van der Waals surface area contributed by atoms with Gasteiger partial charge in [0.05, 0.1) is 0 Å². The summed E-state index contributed by atoms with van der Waals surface area (Å²) in [5.41, 5.74) is 11.3. The van der Waals surface area contributed by atoms with Gasteiger partial charge in [-0.15, -0.1) is 0 Å². The second-order valence-electron chi connectivity index (χ2n) is 10.9. The fraction of sp³-hybridized carbons (Fsp3) is 0.111. The zero-order chi connectivity index (χ0) is 26.0. The summed E-state index contributed by atoms with van der Waals surface area (Å²) in [4.78, 5) is 26.7. The van der Waals surface area contributed by atoms with Crippen molar-refractivity contribution in [2.45, 2.75) is 25.7 Å². The van der Waals surface area contributed by atoms with Crippen molar-refractivity contribution >= 4 is 11.6 Å². The lowest BCUT2D eigenvalue weighted by molar-refractivity contribution is 0.102. The van der Waals surface area contributed by atoms with Crippen LogP contribution in [0.5, 0.6) is 0 Å². The minimum Gasteiger partial charge on any atom is -0.289 e. The highest BCUT2D eigenvalue weighted by Gasteiger charge is 2.36. The van der Waals surface area contributed by atoms with Gasteiger partial charge in [-0.2, -0.15) is 0 Å². The first-order valence-electron chi connectivity index (χ1n) is 13.1. The van der Waals surface area contributed by atoms with Crippen molar-refractivity contribution in [3.05, 3.63) is 154 Å². The van der Waals surface area contributed by atoms with Crippen LogP contribution in [0.3, 0.4) is 0 Å². The average molecular weight is 491 g/mol. The van der Waals surface area contributed by atoms with Gasteiger partial charge in [-0.05, 0) is 69.1 Å². The third kappa shape index (κ3) is 3.34. The van der Waals surface area contributed by atoms with Crippen molar-refractivity contribution in [2.24, 2.45) is 0 Å². The first-order valence-corrected chi connectivity index (χ1v) is 13.1. The van der Waals surface area contributed by atoms with Gasteiger partial charge in [-0.1, -0.05) is 105 Å². The Kier molecular flexibility index (Phi) is 4.90. The van der Waals surface area contributed by atoms with Crippen LogP contribution in [-0.4, -0.2) is 11.6 Å². The summed E-state index contributed by atoms with van der Waals surface area (Å²) < 4.78 is 0. The van der Waals surface area contributed by atoms with Crippen molar-refractivity contribution in [3.8, 4) is 22.3 Å². The Labute approximate surface area is 222 Å². The maximum atomic E-state index is 13.5. The maximum Gasteiger partial charge on any atom is 0.193 e. The zero-order valence-electron chi connectivity index (χ0n) is 21.4. The van der Waals surface area contributed by atoms with Gasteiger partial charge < -0.3 is 0 Å². The average Bonchev–Trinajstić information content (AvgIpc) is 2.96. The minimum atomic E-state index is -0.242. The predicted octanol–water partition coefficient (Wildman–Crippen LogP) is 8.03. The van der Waals surface area contributed by atoms with E-state index in [1.807, 2.05) is 60.7 Å². The summed E-state index contributed by atoms with van der Waals surface area (Å²) in [7, 11) is 0. The third-order valence-corrected chi connectivity index (χ3v) is 8.31. The Morgan fingerprint density at radius 3 is 1.82 bits per heavy atom. The molecule has 0 spiro atoms. The summed E-state index contributed by atoms with van der Waals surface area (Å²) in [5.74, 6) is 0.178. The summed E-state index contributed by atoms with van der Waals surface area (Å²) in [6, 6.07) is 36.7. The van der Waals surface area contributed by atoms with E-state index in [0.29, 0.717) is 0 Å². The summed E-state index contributed by atoms with van der Waals surface area (Å²) in [5, 5.41) is 0. The first kappa shape index (κ1) is 22.6. The molecular weight excluding hydrogens is 464 g/mol. The minimum absolute atomic E-state index is 0.0846. The Morgan fingerprint density at radius 2 is 1.03 bits per heavy atom. The van der Waals surface area contributed by atoms with Crippen LogP contribution in [0.25, 0.3) is 22.3 Å². The van der Waals surface area contributed by atoms with E-state index in [0.717, 1.165) is 73.2 Å². The van der Waals surface area contributed by atoms with Crippen LogP contribution in [0.1, 0.15) is 67.9 Å². The topological polar surface area (TPSA) is 34.1 Å². The fourth-order valence-corrected chi connectivity index (χ4v) is 6.22. The van der Waals surface area contributed by atoms with Gasteiger partial charge in [0.1, 0.15) is 0 Å². The van der Waals surface area contributed by atoms with Crippen molar-refractivity contribution in [3.63, 3.8) is 0 Å². The smallest absolute Gasteiger partial charge is 0.193 e. The number of carbonyl (C=O) groups is 2. The number of rotatable bonds is 2. The van der Waals surface area contributed by atoms with Crippen LogP contribution in [0.4, 0.5) is 0 Å². The number of fused-ring (bicyclic) bond motifs is 4. The van der Waals surface area contributed by atoms with E-state index in [1.54, 1.807) is 0 Å². The molecule has 7 rings (SSSR count). The molecule has 5 aromatic carbocycles. The fourth-order valence-electron chi connectivity index (χ4n) is 6.22. The number of benzene rings is 5. The number of hydrogen-bond donors (Lipinski definition) is 0. The molecule has 0 unspecified atom stereocenters. The second kappa shape index (κ2) is 8.22. The van der Waals surface area contributed by atoms with Gasteiger partial charge in [-0.25, -0.2) is 0 Å². The van der Waals surface area contributed by atoms with E-state index in [9.17, 15) is 9.59 Å². The van der Waals surface area contributed by atoms with Gasteiger partial charge in [0.2, 0.25) is 0 Å². The van der Waals surface area contributed by atoms with E-state index in [2.05, 4.69) is 62.4 Å². The molecule has 5 aromatic rings. The van der Waals surface area contributed by atoms with Crippen LogP contribution in [0.2, 0.25) is 0 Å². The molecule has 0 N–H and O–H groups in total. The van der Waals surface area contributed by atoms with E-state index in [-0.39, 0.29) is 17.0 Å². The van der Waals surface area contributed by atoms with Gasteiger partial charge in [0, 0.05) is 27.7 Å². The summed E-state index contributed by atoms with van der Waals surface area (Å²) >= 11 is 0. The molecule has 0 bridgehead atoms. The molecule has 0 amide bonds. The highest BCUT2D eigenvalue weighted by Crippen LogP contribution is 2.42. The van der Waals surface area contributed by atoms with E-state index >= 15 is 0 Å². The molecule has 38 heavy (non-hydrogen) atoms. The first-order chi connectivity index (χ1) is 18.4. The molecule has 0 aromatic heterocycles. The number of hydrogen-bond acceptors (Lipinski definition) is 2.